The van der Waals surface area contributed by atoms with Gasteiger partial charge in [-0.15, -0.1) is 0 Å². The molecule has 2 rings (SSSR count). The Morgan fingerprint density at radius 3 is 2.93 bits per heavy atom. The quantitative estimate of drug-likeness (QED) is 0.563. The first-order valence-electron chi connectivity index (χ1n) is 4.78. The standard InChI is InChI=1S/C9H14N4O/c1-6(10)13-4-3-8(13)5-9-11-7(2)12-14-9/h8,10H,3-5H2,1-2H3/t8-/m0/s1. The lowest BCUT2D eigenvalue weighted by Gasteiger charge is -2.41. The van der Waals surface area contributed by atoms with E-state index in [1.807, 2.05) is 13.8 Å². The molecule has 0 aliphatic carbocycles. The lowest BCUT2D eigenvalue weighted by molar-refractivity contribution is 0.169. The zero-order valence-electron chi connectivity index (χ0n) is 8.45. The van der Waals surface area contributed by atoms with E-state index in [0.717, 1.165) is 19.4 Å². The van der Waals surface area contributed by atoms with Crippen LogP contribution in [0.25, 0.3) is 0 Å². The predicted molar refractivity (Wildman–Crippen MR) is 51.3 cm³/mol. The lowest BCUT2D eigenvalue weighted by atomic mass is 9.99. The maximum atomic E-state index is 7.51. The van der Waals surface area contributed by atoms with E-state index < -0.39 is 0 Å². The summed E-state index contributed by atoms with van der Waals surface area (Å²) < 4.78 is 5.04. The number of nitrogens with zero attached hydrogens (tertiary/aromatic N) is 3. The van der Waals surface area contributed by atoms with Crippen LogP contribution in [-0.2, 0) is 6.42 Å². The Bertz CT molecular complexity index is 346. The Kier molecular flexibility index (Phi) is 2.23. The van der Waals surface area contributed by atoms with E-state index in [-0.39, 0.29) is 0 Å². The van der Waals surface area contributed by atoms with Crippen molar-refractivity contribution in [3.8, 4) is 0 Å². The van der Waals surface area contributed by atoms with Crippen LogP contribution in [-0.4, -0.2) is 33.5 Å². The summed E-state index contributed by atoms with van der Waals surface area (Å²) in [4.78, 5) is 6.21. The summed E-state index contributed by atoms with van der Waals surface area (Å²) in [5.41, 5.74) is 0. The predicted octanol–water partition coefficient (Wildman–Crippen LogP) is 0.992. The van der Waals surface area contributed by atoms with Crippen LogP contribution in [0.15, 0.2) is 4.52 Å². The molecule has 0 bridgehead atoms. The van der Waals surface area contributed by atoms with Gasteiger partial charge >= 0.3 is 0 Å². The normalized spacial score (nSPS) is 20.7. The highest BCUT2D eigenvalue weighted by Gasteiger charge is 2.29. The number of aromatic nitrogens is 2. The third-order valence-corrected chi connectivity index (χ3v) is 2.55. The van der Waals surface area contributed by atoms with Gasteiger partial charge in [-0.3, -0.25) is 5.41 Å². The highest BCUT2D eigenvalue weighted by molar-refractivity contribution is 5.77. The lowest BCUT2D eigenvalue weighted by Crippen LogP contribution is -2.51. The highest BCUT2D eigenvalue weighted by Crippen LogP contribution is 2.20. The van der Waals surface area contributed by atoms with Gasteiger partial charge in [0.25, 0.3) is 0 Å². The van der Waals surface area contributed by atoms with E-state index >= 15 is 0 Å². The molecule has 0 aromatic carbocycles. The molecular formula is C9H14N4O. The zero-order valence-corrected chi connectivity index (χ0v) is 8.45. The topological polar surface area (TPSA) is 66.0 Å². The van der Waals surface area contributed by atoms with E-state index in [4.69, 9.17) is 9.93 Å². The van der Waals surface area contributed by atoms with Gasteiger partial charge in [0.1, 0.15) is 0 Å². The second-order valence-corrected chi connectivity index (χ2v) is 3.66. The van der Waals surface area contributed by atoms with Crippen molar-refractivity contribution in [2.24, 2.45) is 0 Å². The average molecular weight is 194 g/mol. The van der Waals surface area contributed by atoms with Crippen LogP contribution >= 0.6 is 0 Å². The molecule has 76 valence electrons. The molecule has 1 aromatic rings. The van der Waals surface area contributed by atoms with Crippen LogP contribution in [0.2, 0.25) is 0 Å². The third-order valence-electron chi connectivity index (χ3n) is 2.55. The summed E-state index contributed by atoms with van der Waals surface area (Å²) in [6.45, 7) is 4.60. The second kappa shape index (κ2) is 3.40. The van der Waals surface area contributed by atoms with Crippen molar-refractivity contribution in [3.05, 3.63) is 11.7 Å². The molecule has 0 spiro atoms. The van der Waals surface area contributed by atoms with Crippen molar-refractivity contribution in [1.82, 2.24) is 15.0 Å². The summed E-state index contributed by atoms with van der Waals surface area (Å²) in [6.07, 6.45) is 1.87. The van der Waals surface area contributed by atoms with Crippen LogP contribution in [0, 0.1) is 12.3 Å². The molecule has 1 aliphatic rings. The van der Waals surface area contributed by atoms with Crippen LogP contribution in [0.1, 0.15) is 25.1 Å². The maximum absolute atomic E-state index is 7.51. The minimum absolute atomic E-state index is 0.382. The van der Waals surface area contributed by atoms with Gasteiger partial charge in [0, 0.05) is 19.0 Å². The first-order valence-corrected chi connectivity index (χ1v) is 4.78. The molecule has 1 N–H and O–H groups in total. The fourth-order valence-electron chi connectivity index (χ4n) is 1.72. The summed E-state index contributed by atoms with van der Waals surface area (Å²) >= 11 is 0. The first-order chi connectivity index (χ1) is 6.66. The Morgan fingerprint density at radius 1 is 1.71 bits per heavy atom. The molecule has 1 aliphatic heterocycles. The van der Waals surface area contributed by atoms with Gasteiger partial charge in [-0.05, 0) is 20.3 Å². The van der Waals surface area contributed by atoms with Gasteiger partial charge in [-0.25, -0.2) is 0 Å². The van der Waals surface area contributed by atoms with Crippen LogP contribution in [0.4, 0.5) is 0 Å². The maximum Gasteiger partial charge on any atom is 0.228 e. The van der Waals surface area contributed by atoms with Crippen molar-refractivity contribution in [2.45, 2.75) is 32.7 Å². The van der Waals surface area contributed by atoms with Crippen molar-refractivity contribution in [3.63, 3.8) is 0 Å². The zero-order chi connectivity index (χ0) is 10.1. The summed E-state index contributed by atoms with van der Waals surface area (Å²) in [5.74, 6) is 1.98. The number of hydrogen-bond donors (Lipinski definition) is 1. The SMILES string of the molecule is CC(=N)N1CC[C@H]1Cc1nc(C)no1. The molecule has 2 heterocycles. The van der Waals surface area contributed by atoms with E-state index in [1.54, 1.807) is 0 Å². The van der Waals surface area contributed by atoms with Crippen molar-refractivity contribution in [1.29, 1.82) is 5.41 Å². The number of likely N-dealkylation sites (tertiary alicyclic amines) is 1. The van der Waals surface area contributed by atoms with E-state index in [9.17, 15) is 0 Å². The number of aryl methyl sites for hydroxylation is 1. The molecular weight excluding hydrogens is 180 g/mol. The Labute approximate surface area is 82.6 Å². The summed E-state index contributed by atoms with van der Waals surface area (Å²) in [5, 5.41) is 11.3. The van der Waals surface area contributed by atoms with Crippen molar-refractivity contribution < 1.29 is 4.52 Å². The molecule has 1 atom stereocenters. The molecule has 0 unspecified atom stereocenters. The molecule has 5 heteroatoms. The van der Waals surface area contributed by atoms with Gasteiger partial charge < -0.3 is 9.42 Å². The number of rotatable bonds is 2. The molecule has 1 saturated heterocycles. The second-order valence-electron chi connectivity index (χ2n) is 3.66. The molecule has 0 saturated carbocycles. The van der Waals surface area contributed by atoms with E-state index in [1.165, 1.54) is 0 Å². The Hall–Kier alpha value is -1.39. The molecule has 0 amide bonds. The van der Waals surface area contributed by atoms with Gasteiger partial charge in [0.2, 0.25) is 5.89 Å². The third kappa shape index (κ3) is 1.62. The number of nitrogens with one attached hydrogen (secondary N) is 1. The van der Waals surface area contributed by atoms with Crippen LogP contribution < -0.4 is 0 Å². The molecule has 1 aromatic heterocycles. The van der Waals surface area contributed by atoms with Gasteiger partial charge in [-0.2, -0.15) is 4.98 Å². The Balaban J connectivity index is 1.95. The van der Waals surface area contributed by atoms with E-state index in [2.05, 4.69) is 15.0 Å². The largest absolute Gasteiger partial charge is 0.357 e. The van der Waals surface area contributed by atoms with Gasteiger partial charge in [-0.1, -0.05) is 5.16 Å². The van der Waals surface area contributed by atoms with Crippen LogP contribution in [0.3, 0.4) is 0 Å². The van der Waals surface area contributed by atoms with Crippen LogP contribution in [0.5, 0.6) is 0 Å². The summed E-state index contributed by atoms with van der Waals surface area (Å²) in [7, 11) is 0. The van der Waals surface area contributed by atoms with Crippen molar-refractivity contribution in [2.75, 3.05) is 6.54 Å². The monoisotopic (exact) mass is 194 g/mol. The molecule has 0 radical (unpaired) electrons. The number of amidine groups is 1. The fraction of sp³-hybridized carbons (Fsp3) is 0.667. The minimum atomic E-state index is 0.382. The Morgan fingerprint density at radius 2 is 2.50 bits per heavy atom. The summed E-state index contributed by atoms with van der Waals surface area (Å²) in [6, 6.07) is 0.382. The average Bonchev–Trinajstić information content (AvgIpc) is 2.44. The molecule has 5 nitrogen and oxygen atoms in total. The molecule has 14 heavy (non-hydrogen) atoms. The van der Waals surface area contributed by atoms with Crippen molar-refractivity contribution >= 4 is 5.84 Å². The smallest absolute Gasteiger partial charge is 0.228 e. The van der Waals surface area contributed by atoms with Gasteiger partial charge in [0.15, 0.2) is 5.82 Å². The first kappa shape index (κ1) is 9.18. The fourth-order valence-corrected chi connectivity index (χ4v) is 1.72. The minimum Gasteiger partial charge on any atom is -0.357 e. The van der Waals surface area contributed by atoms with E-state index in [0.29, 0.717) is 23.6 Å². The molecule has 1 fully saturated rings. The highest BCUT2D eigenvalue weighted by atomic mass is 16.5. The number of hydrogen-bond acceptors (Lipinski definition) is 4. The van der Waals surface area contributed by atoms with Gasteiger partial charge in [0.05, 0.1) is 5.84 Å².